The molecule has 2 N–H and O–H groups in total. The van der Waals surface area contributed by atoms with Crippen LogP contribution < -0.4 is 5.32 Å². The number of hydrogen-bond donors (Lipinski definition) is 2. The molecule has 0 saturated heterocycles. The van der Waals surface area contributed by atoms with E-state index in [1.807, 2.05) is 5.32 Å². The molecule has 0 spiro atoms. The first-order chi connectivity index (χ1) is 10.6. The van der Waals surface area contributed by atoms with Gasteiger partial charge in [0.05, 0.1) is 4.90 Å². The van der Waals surface area contributed by atoms with Crippen LogP contribution in [0.15, 0.2) is 23.1 Å². The first-order valence-electron chi connectivity index (χ1n) is 6.71. The van der Waals surface area contributed by atoms with Crippen LogP contribution in [0.5, 0.6) is 0 Å². The maximum absolute atomic E-state index is 12.3. The highest BCUT2D eigenvalue weighted by atomic mass is 32.2. The first kappa shape index (κ1) is 19.0. The molecule has 1 aromatic rings. The summed E-state index contributed by atoms with van der Waals surface area (Å²) in [4.78, 5) is 22.8. The molecule has 0 aliphatic rings. The van der Waals surface area contributed by atoms with Gasteiger partial charge in [-0.2, -0.15) is 0 Å². The Kier molecular flexibility index (Phi) is 6.20. The van der Waals surface area contributed by atoms with Crippen molar-refractivity contribution in [3.05, 3.63) is 29.3 Å². The third-order valence-corrected chi connectivity index (χ3v) is 4.31. The molecule has 128 valence electrons. The van der Waals surface area contributed by atoms with Crippen LogP contribution in [-0.4, -0.2) is 44.1 Å². The molecule has 0 aliphatic carbocycles. The monoisotopic (exact) mass is 349 g/mol. The number of carboxylic acids is 1. The number of rotatable bonds is 7. The van der Waals surface area contributed by atoms with E-state index in [0.717, 1.165) is 12.3 Å². The van der Waals surface area contributed by atoms with E-state index in [1.54, 1.807) is 6.92 Å². The zero-order valence-electron chi connectivity index (χ0n) is 12.5. The second kappa shape index (κ2) is 7.49. The van der Waals surface area contributed by atoms with Crippen molar-refractivity contribution in [2.75, 3.05) is 6.26 Å². The van der Waals surface area contributed by atoms with Gasteiger partial charge in [-0.3, -0.25) is 4.79 Å². The van der Waals surface area contributed by atoms with Gasteiger partial charge in [0.25, 0.3) is 5.91 Å². The maximum Gasteiger partial charge on any atom is 0.326 e. The average Bonchev–Trinajstić information content (AvgIpc) is 2.44. The fourth-order valence-electron chi connectivity index (χ4n) is 1.97. The van der Waals surface area contributed by atoms with Crippen molar-refractivity contribution in [1.82, 2.24) is 5.32 Å². The van der Waals surface area contributed by atoms with E-state index in [2.05, 4.69) is 0 Å². The summed E-state index contributed by atoms with van der Waals surface area (Å²) in [7, 11) is -3.58. The zero-order chi connectivity index (χ0) is 17.8. The number of carbonyl (C=O) groups is 2. The lowest BCUT2D eigenvalue weighted by Crippen LogP contribution is -2.42. The summed E-state index contributed by atoms with van der Waals surface area (Å²) >= 11 is 0. The molecular weight excluding hydrogens is 332 g/mol. The highest BCUT2D eigenvalue weighted by molar-refractivity contribution is 7.90. The quantitative estimate of drug-likeness (QED) is 0.777. The lowest BCUT2D eigenvalue weighted by Gasteiger charge is -2.15. The summed E-state index contributed by atoms with van der Waals surface area (Å²) in [6.45, 7) is 1.74. The molecule has 23 heavy (non-hydrogen) atoms. The Bertz CT molecular complexity index is 703. The van der Waals surface area contributed by atoms with Gasteiger partial charge < -0.3 is 10.4 Å². The molecule has 0 heterocycles. The fraction of sp³-hybridized carbons (Fsp3) is 0.429. The molecule has 0 fully saturated rings. The van der Waals surface area contributed by atoms with E-state index in [9.17, 15) is 26.8 Å². The third kappa shape index (κ3) is 5.27. The van der Waals surface area contributed by atoms with Gasteiger partial charge in [0.2, 0.25) is 6.43 Å². The van der Waals surface area contributed by atoms with Gasteiger partial charge in [0.15, 0.2) is 9.84 Å². The molecule has 0 aliphatic heterocycles. The number of carbonyl (C=O) groups excluding carboxylic acids is 1. The topological polar surface area (TPSA) is 101 Å². The number of alkyl halides is 2. The minimum absolute atomic E-state index is 0.0478. The molecule has 1 amide bonds. The zero-order valence-corrected chi connectivity index (χ0v) is 13.4. The number of hydrogen-bond acceptors (Lipinski definition) is 4. The summed E-state index contributed by atoms with van der Waals surface area (Å²) in [5.74, 6) is -2.52. The third-order valence-electron chi connectivity index (χ3n) is 3.13. The van der Waals surface area contributed by atoms with Crippen molar-refractivity contribution in [2.45, 2.75) is 37.1 Å². The molecular formula is C14H17F2NO5S. The van der Waals surface area contributed by atoms with Crippen molar-refractivity contribution in [2.24, 2.45) is 0 Å². The number of benzene rings is 1. The maximum atomic E-state index is 12.3. The first-order valence-corrected chi connectivity index (χ1v) is 8.60. The summed E-state index contributed by atoms with van der Waals surface area (Å²) in [6, 6.07) is 2.12. The second-order valence-electron chi connectivity index (χ2n) is 4.94. The standard InChI is InChI=1S/C14H17F2NO5S/c1-3-8-4-5-9(6-11(8)23(2,21)22)13(18)17-10(14(19)20)7-12(15)16/h4-6,10,12H,3,7H2,1-2H3,(H,17,18)(H,19,20). The van der Waals surface area contributed by atoms with E-state index in [1.165, 1.54) is 12.1 Å². The smallest absolute Gasteiger partial charge is 0.326 e. The molecule has 1 aromatic carbocycles. The van der Waals surface area contributed by atoms with E-state index in [4.69, 9.17) is 5.11 Å². The minimum atomic E-state index is -3.58. The Balaban J connectivity index is 3.11. The molecule has 0 bridgehead atoms. The van der Waals surface area contributed by atoms with Gasteiger partial charge in [-0.25, -0.2) is 22.0 Å². The normalized spacial score (nSPS) is 12.9. The molecule has 1 rings (SSSR count). The van der Waals surface area contributed by atoms with Crippen LogP contribution in [0.3, 0.4) is 0 Å². The molecule has 0 aromatic heterocycles. The van der Waals surface area contributed by atoms with Crippen LogP contribution in [0.1, 0.15) is 29.3 Å². The van der Waals surface area contributed by atoms with E-state index >= 15 is 0 Å². The van der Waals surface area contributed by atoms with Crippen LogP contribution in [0.25, 0.3) is 0 Å². The van der Waals surface area contributed by atoms with Gasteiger partial charge in [0, 0.05) is 18.2 Å². The molecule has 9 heteroatoms. The van der Waals surface area contributed by atoms with Crippen LogP contribution in [0, 0.1) is 0 Å². The largest absolute Gasteiger partial charge is 0.480 e. The number of nitrogens with one attached hydrogen (secondary N) is 1. The highest BCUT2D eigenvalue weighted by Crippen LogP contribution is 2.19. The van der Waals surface area contributed by atoms with Crippen molar-refractivity contribution < 1.29 is 31.9 Å². The number of halogens is 2. The second-order valence-corrected chi connectivity index (χ2v) is 6.92. The van der Waals surface area contributed by atoms with Crippen molar-refractivity contribution in [3.8, 4) is 0 Å². The number of amides is 1. The van der Waals surface area contributed by atoms with E-state index in [-0.39, 0.29) is 10.5 Å². The Hall–Kier alpha value is -2.03. The lowest BCUT2D eigenvalue weighted by atomic mass is 10.1. The summed E-state index contributed by atoms with van der Waals surface area (Å²) < 4.78 is 48.1. The van der Waals surface area contributed by atoms with E-state index < -0.39 is 40.6 Å². The number of aliphatic carboxylic acids is 1. The van der Waals surface area contributed by atoms with Gasteiger partial charge in [0.1, 0.15) is 6.04 Å². The molecule has 1 atom stereocenters. The Morgan fingerprint density at radius 2 is 1.91 bits per heavy atom. The van der Waals surface area contributed by atoms with Crippen LogP contribution in [0.2, 0.25) is 0 Å². The SMILES string of the molecule is CCc1ccc(C(=O)NC(CC(F)F)C(=O)O)cc1S(C)(=O)=O. The van der Waals surface area contributed by atoms with Crippen molar-refractivity contribution in [3.63, 3.8) is 0 Å². The number of sulfone groups is 1. The molecule has 0 saturated carbocycles. The van der Waals surface area contributed by atoms with Gasteiger partial charge >= 0.3 is 5.97 Å². The van der Waals surface area contributed by atoms with Crippen molar-refractivity contribution in [1.29, 1.82) is 0 Å². The van der Waals surface area contributed by atoms with Crippen molar-refractivity contribution >= 4 is 21.7 Å². The van der Waals surface area contributed by atoms with Gasteiger partial charge in [-0.05, 0) is 24.1 Å². The van der Waals surface area contributed by atoms with Crippen LogP contribution in [-0.2, 0) is 21.1 Å². The average molecular weight is 349 g/mol. The number of carboxylic acid groups (broad SMARTS) is 1. The number of aryl methyl sites for hydroxylation is 1. The predicted octanol–water partition coefficient (Wildman–Crippen LogP) is 1.49. The Morgan fingerprint density at radius 1 is 1.30 bits per heavy atom. The Labute approximate surface area is 132 Å². The van der Waals surface area contributed by atoms with E-state index in [0.29, 0.717) is 12.0 Å². The Morgan fingerprint density at radius 3 is 2.35 bits per heavy atom. The summed E-state index contributed by atoms with van der Waals surface area (Å²) in [6.07, 6.45) is -2.52. The van der Waals surface area contributed by atoms with Crippen LogP contribution in [0.4, 0.5) is 8.78 Å². The minimum Gasteiger partial charge on any atom is -0.480 e. The van der Waals surface area contributed by atoms with Gasteiger partial charge in [-0.1, -0.05) is 13.0 Å². The molecule has 0 radical (unpaired) electrons. The highest BCUT2D eigenvalue weighted by Gasteiger charge is 2.25. The summed E-state index contributed by atoms with van der Waals surface area (Å²) in [5, 5.41) is 10.8. The lowest BCUT2D eigenvalue weighted by molar-refractivity contribution is -0.140. The molecule has 6 nitrogen and oxygen atoms in total. The van der Waals surface area contributed by atoms with Crippen LogP contribution >= 0.6 is 0 Å². The fourth-order valence-corrected chi connectivity index (χ4v) is 3.00. The summed E-state index contributed by atoms with van der Waals surface area (Å²) in [5.41, 5.74) is 0.398. The molecule has 1 unspecified atom stereocenters. The van der Waals surface area contributed by atoms with Gasteiger partial charge in [-0.15, -0.1) is 0 Å². The predicted molar refractivity (Wildman–Crippen MR) is 78.4 cm³/mol.